The van der Waals surface area contributed by atoms with Gasteiger partial charge in [-0.05, 0) is 37.1 Å². The Morgan fingerprint density at radius 3 is 2.74 bits per heavy atom. The summed E-state index contributed by atoms with van der Waals surface area (Å²) in [5.41, 5.74) is 2.76. The van der Waals surface area contributed by atoms with Gasteiger partial charge in [0, 0.05) is 23.9 Å². The first-order chi connectivity index (χ1) is 11.1. The molecule has 1 aromatic carbocycles. The molecule has 5 nitrogen and oxygen atoms in total. The van der Waals surface area contributed by atoms with E-state index in [1.165, 1.54) is 0 Å². The van der Waals surface area contributed by atoms with Gasteiger partial charge in [0.1, 0.15) is 17.4 Å². The van der Waals surface area contributed by atoms with E-state index in [2.05, 4.69) is 4.98 Å². The Labute approximate surface area is 135 Å². The Morgan fingerprint density at radius 2 is 2.09 bits per heavy atom. The molecule has 120 valence electrons. The molecule has 1 heterocycles. The smallest absolute Gasteiger partial charge is 0.266 e. The maximum absolute atomic E-state index is 12.0. The van der Waals surface area contributed by atoms with Gasteiger partial charge in [0.05, 0.1) is 13.2 Å². The highest BCUT2D eigenvalue weighted by Gasteiger charge is 2.13. The minimum atomic E-state index is -0.373. The lowest BCUT2D eigenvalue weighted by Crippen LogP contribution is -2.12. The zero-order valence-electron chi connectivity index (χ0n) is 13.6. The van der Waals surface area contributed by atoms with Gasteiger partial charge in [-0.2, -0.15) is 5.26 Å². The number of pyridine rings is 1. The van der Waals surface area contributed by atoms with Crippen molar-refractivity contribution in [2.75, 3.05) is 13.7 Å². The number of hydrogen-bond donors (Lipinski definition) is 1. The number of nitriles is 1. The van der Waals surface area contributed by atoms with Crippen molar-refractivity contribution < 1.29 is 9.47 Å². The maximum Gasteiger partial charge on any atom is 0.266 e. The van der Waals surface area contributed by atoms with Crippen molar-refractivity contribution in [1.29, 1.82) is 5.26 Å². The Morgan fingerprint density at radius 1 is 1.30 bits per heavy atom. The van der Waals surface area contributed by atoms with Crippen LogP contribution in [0.25, 0.3) is 11.1 Å². The van der Waals surface area contributed by atoms with Crippen LogP contribution in [-0.2, 0) is 11.3 Å². The highest BCUT2D eigenvalue weighted by atomic mass is 16.5. The first kappa shape index (κ1) is 16.8. The van der Waals surface area contributed by atoms with E-state index in [4.69, 9.17) is 9.47 Å². The predicted octanol–water partition coefficient (Wildman–Crippen LogP) is 3.16. The van der Waals surface area contributed by atoms with Gasteiger partial charge in [0.2, 0.25) is 0 Å². The summed E-state index contributed by atoms with van der Waals surface area (Å²) in [5, 5.41) is 9.28. The van der Waals surface area contributed by atoms with Gasteiger partial charge in [-0.1, -0.05) is 13.0 Å². The quantitative estimate of drug-likeness (QED) is 0.889. The third-order valence-corrected chi connectivity index (χ3v) is 3.41. The number of hydrogen-bond acceptors (Lipinski definition) is 4. The summed E-state index contributed by atoms with van der Waals surface area (Å²) >= 11 is 0. The van der Waals surface area contributed by atoms with E-state index < -0.39 is 0 Å². The molecular formula is C18H20N2O3. The molecule has 0 unspecified atom stereocenters. The van der Waals surface area contributed by atoms with Crippen molar-refractivity contribution in [3.8, 4) is 22.9 Å². The Kier molecular flexibility index (Phi) is 5.56. The molecule has 5 heteroatoms. The van der Waals surface area contributed by atoms with Crippen LogP contribution in [-0.4, -0.2) is 18.7 Å². The first-order valence-electron chi connectivity index (χ1n) is 7.49. The lowest BCUT2D eigenvalue weighted by molar-refractivity contribution is 0.180. The second kappa shape index (κ2) is 7.61. The standard InChI is InChI=1S/C18H20N2O3/c1-4-7-23-17-6-5-13(9-14(17)11-22-3)15-8-12(2)20-18(21)16(15)10-19/h5-6,8-9H,4,7,11H2,1-3H3,(H,20,21). The lowest BCUT2D eigenvalue weighted by atomic mass is 9.99. The molecular weight excluding hydrogens is 292 g/mol. The van der Waals surface area contributed by atoms with Crippen molar-refractivity contribution in [2.24, 2.45) is 0 Å². The average molecular weight is 312 g/mol. The van der Waals surface area contributed by atoms with Gasteiger partial charge in [-0.25, -0.2) is 0 Å². The number of nitrogens with zero attached hydrogens (tertiary/aromatic N) is 1. The molecule has 2 aromatic rings. The fourth-order valence-electron chi connectivity index (χ4n) is 2.40. The minimum Gasteiger partial charge on any atom is -0.493 e. The van der Waals surface area contributed by atoms with Gasteiger partial charge >= 0.3 is 0 Å². The zero-order valence-corrected chi connectivity index (χ0v) is 13.6. The van der Waals surface area contributed by atoms with Crippen LogP contribution < -0.4 is 10.3 Å². The fraction of sp³-hybridized carbons (Fsp3) is 0.333. The molecule has 0 aliphatic carbocycles. The maximum atomic E-state index is 12.0. The molecule has 0 radical (unpaired) electrons. The summed E-state index contributed by atoms with van der Waals surface area (Å²) in [5.74, 6) is 0.762. The number of ether oxygens (including phenoxy) is 2. The molecule has 2 rings (SSSR count). The Bertz CT molecular complexity index is 788. The average Bonchev–Trinajstić information content (AvgIpc) is 2.53. The summed E-state index contributed by atoms with van der Waals surface area (Å²) < 4.78 is 11.0. The SMILES string of the molecule is CCCOc1ccc(-c2cc(C)[nH]c(=O)c2C#N)cc1COC. The molecule has 1 N–H and O–H groups in total. The second-order valence-corrected chi connectivity index (χ2v) is 5.29. The van der Waals surface area contributed by atoms with Crippen LogP contribution in [0.3, 0.4) is 0 Å². The molecule has 0 saturated heterocycles. The van der Waals surface area contributed by atoms with Gasteiger partial charge in [-0.3, -0.25) is 4.79 Å². The van der Waals surface area contributed by atoms with Crippen LogP contribution in [0.2, 0.25) is 0 Å². The van der Waals surface area contributed by atoms with Crippen molar-refractivity contribution >= 4 is 0 Å². The van der Waals surface area contributed by atoms with Crippen molar-refractivity contribution in [3.05, 3.63) is 51.4 Å². The van der Waals surface area contributed by atoms with Gasteiger partial charge < -0.3 is 14.5 Å². The molecule has 0 aliphatic heterocycles. The minimum absolute atomic E-state index is 0.112. The van der Waals surface area contributed by atoms with Gasteiger partial charge in [-0.15, -0.1) is 0 Å². The number of benzene rings is 1. The van der Waals surface area contributed by atoms with Crippen LogP contribution in [0.15, 0.2) is 29.1 Å². The summed E-state index contributed by atoms with van der Waals surface area (Å²) in [6.45, 7) is 4.87. The van der Waals surface area contributed by atoms with Crippen LogP contribution in [0.1, 0.15) is 30.2 Å². The van der Waals surface area contributed by atoms with E-state index in [0.717, 1.165) is 23.3 Å². The third-order valence-electron chi connectivity index (χ3n) is 3.41. The molecule has 0 fully saturated rings. The van der Waals surface area contributed by atoms with E-state index in [0.29, 0.717) is 24.5 Å². The number of aryl methyl sites for hydroxylation is 1. The molecule has 0 saturated carbocycles. The Balaban J connectivity index is 2.55. The largest absolute Gasteiger partial charge is 0.493 e. The summed E-state index contributed by atoms with van der Waals surface area (Å²) in [4.78, 5) is 14.6. The lowest BCUT2D eigenvalue weighted by Gasteiger charge is -2.13. The Hall–Kier alpha value is -2.58. The van der Waals surface area contributed by atoms with Crippen LogP contribution in [0.4, 0.5) is 0 Å². The first-order valence-corrected chi connectivity index (χ1v) is 7.49. The number of methoxy groups -OCH3 is 1. The van der Waals surface area contributed by atoms with E-state index in [-0.39, 0.29) is 11.1 Å². The second-order valence-electron chi connectivity index (χ2n) is 5.29. The van der Waals surface area contributed by atoms with E-state index >= 15 is 0 Å². The molecule has 0 amide bonds. The van der Waals surface area contributed by atoms with Crippen molar-refractivity contribution in [3.63, 3.8) is 0 Å². The number of aromatic nitrogens is 1. The molecule has 0 atom stereocenters. The zero-order chi connectivity index (χ0) is 16.8. The van der Waals surface area contributed by atoms with E-state index in [9.17, 15) is 10.1 Å². The number of H-pyrrole nitrogens is 1. The van der Waals surface area contributed by atoms with Crippen LogP contribution in [0, 0.1) is 18.3 Å². The number of rotatable bonds is 6. The summed E-state index contributed by atoms with van der Waals surface area (Å²) in [6.07, 6.45) is 0.917. The van der Waals surface area contributed by atoms with Gasteiger partial charge in [0.25, 0.3) is 5.56 Å². The normalized spacial score (nSPS) is 10.3. The molecule has 0 bridgehead atoms. The molecule has 1 aromatic heterocycles. The van der Waals surface area contributed by atoms with Crippen LogP contribution in [0.5, 0.6) is 5.75 Å². The molecule has 0 spiro atoms. The number of aromatic amines is 1. The molecule has 23 heavy (non-hydrogen) atoms. The van der Waals surface area contributed by atoms with Crippen LogP contribution >= 0.6 is 0 Å². The van der Waals surface area contributed by atoms with Gasteiger partial charge in [0.15, 0.2) is 0 Å². The fourth-order valence-corrected chi connectivity index (χ4v) is 2.40. The predicted molar refractivity (Wildman–Crippen MR) is 88.4 cm³/mol. The highest BCUT2D eigenvalue weighted by molar-refractivity contribution is 5.71. The summed E-state index contributed by atoms with van der Waals surface area (Å²) in [6, 6.07) is 9.41. The monoisotopic (exact) mass is 312 g/mol. The third kappa shape index (κ3) is 3.79. The summed E-state index contributed by atoms with van der Waals surface area (Å²) in [7, 11) is 1.62. The number of nitrogens with one attached hydrogen (secondary N) is 1. The van der Waals surface area contributed by atoms with E-state index in [1.54, 1.807) is 20.1 Å². The van der Waals surface area contributed by atoms with E-state index in [1.807, 2.05) is 31.2 Å². The topological polar surface area (TPSA) is 75.1 Å². The van der Waals surface area contributed by atoms with Crippen molar-refractivity contribution in [1.82, 2.24) is 4.98 Å². The highest BCUT2D eigenvalue weighted by Crippen LogP contribution is 2.29. The van der Waals surface area contributed by atoms with Crippen molar-refractivity contribution in [2.45, 2.75) is 26.9 Å². The molecule has 0 aliphatic rings.